The topological polar surface area (TPSA) is 100 Å². The van der Waals surface area contributed by atoms with E-state index in [1.807, 2.05) is 67.6 Å². The maximum atomic E-state index is 11.7. The van der Waals surface area contributed by atoms with Gasteiger partial charge in [-0.15, -0.1) is 11.8 Å². The molecule has 4 atom stereocenters. The number of phenols is 1. The van der Waals surface area contributed by atoms with Gasteiger partial charge in [0.25, 0.3) is 0 Å². The van der Waals surface area contributed by atoms with Gasteiger partial charge in [0.05, 0.1) is 18.8 Å². The number of hydrogen-bond donors (Lipinski definition) is 4. The van der Waals surface area contributed by atoms with Gasteiger partial charge in [0.1, 0.15) is 5.75 Å². The fourth-order valence-electron chi connectivity index (χ4n) is 4.23. The second kappa shape index (κ2) is 13.0. The van der Waals surface area contributed by atoms with Gasteiger partial charge in [-0.1, -0.05) is 55.5 Å². The highest BCUT2D eigenvalue weighted by atomic mass is 32.2. The van der Waals surface area contributed by atoms with Crippen LogP contribution in [-0.4, -0.2) is 34.6 Å². The number of nitrogens with one attached hydrogen (secondary N) is 2. The summed E-state index contributed by atoms with van der Waals surface area (Å²) in [6.45, 7) is 5.03. The van der Waals surface area contributed by atoms with Gasteiger partial charge in [-0.2, -0.15) is 0 Å². The number of aliphatic hydroxyl groups excluding tert-OH is 1. The molecule has 4 rings (SSSR count). The predicted octanol–water partition coefficient (Wildman–Crippen LogP) is 5.29. The fourth-order valence-corrected chi connectivity index (χ4v) is 5.30. The van der Waals surface area contributed by atoms with Gasteiger partial charge >= 0.3 is 6.03 Å². The summed E-state index contributed by atoms with van der Waals surface area (Å²) >= 11 is 1.68. The Morgan fingerprint density at radius 3 is 2.19 bits per heavy atom. The SMILES string of the molecule is CCNC(=O)NCc1ccc(C2O[C@H](CSc3ccc(O)cc3)[C@H](C)[C@H](c3ccc(CO)cc3)O2)cc1. The van der Waals surface area contributed by atoms with Gasteiger partial charge in [-0.05, 0) is 47.9 Å². The van der Waals surface area contributed by atoms with Crippen molar-refractivity contribution in [2.75, 3.05) is 12.3 Å². The number of carbonyl (C=O) groups excluding carboxylic acids is 1. The monoisotopic (exact) mass is 522 g/mol. The summed E-state index contributed by atoms with van der Waals surface area (Å²) in [5, 5.41) is 24.6. The number of amides is 2. The van der Waals surface area contributed by atoms with E-state index in [1.54, 1.807) is 23.9 Å². The molecule has 1 aliphatic rings. The number of thioether (sulfide) groups is 1. The first-order chi connectivity index (χ1) is 18.0. The number of phenolic OH excluding ortho intramolecular Hbond substituents is 1. The van der Waals surface area contributed by atoms with Gasteiger partial charge < -0.3 is 30.3 Å². The Morgan fingerprint density at radius 2 is 1.54 bits per heavy atom. The summed E-state index contributed by atoms with van der Waals surface area (Å²) in [5.74, 6) is 1.06. The minimum Gasteiger partial charge on any atom is -0.508 e. The number of benzene rings is 3. The van der Waals surface area contributed by atoms with Crippen molar-refractivity contribution in [2.24, 2.45) is 5.92 Å². The number of aliphatic hydroxyl groups is 1. The molecule has 3 aromatic carbocycles. The van der Waals surface area contributed by atoms with E-state index in [9.17, 15) is 15.0 Å². The third-order valence-electron chi connectivity index (χ3n) is 6.42. The zero-order valence-electron chi connectivity index (χ0n) is 21.1. The second-order valence-corrected chi connectivity index (χ2v) is 10.2. The van der Waals surface area contributed by atoms with Crippen LogP contribution in [0.2, 0.25) is 0 Å². The minimum absolute atomic E-state index is 0.000296. The molecule has 0 bridgehead atoms. The third kappa shape index (κ3) is 7.26. The van der Waals surface area contributed by atoms with E-state index in [4.69, 9.17) is 9.47 Å². The summed E-state index contributed by atoms with van der Waals surface area (Å²) in [6.07, 6.45) is -0.815. The first kappa shape index (κ1) is 27.0. The van der Waals surface area contributed by atoms with Crippen molar-refractivity contribution in [1.82, 2.24) is 10.6 Å². The Hall–Kier alpha value is -3.04. The van der Waals surface area contributed by atoms with E-state index in [-0.39, 0.29) is 36.5 Å². The van der Waals surface area contributed by atoms with Crippen molar-refractivity contribution < 1.29 is 24.5 Å². The Labute approximate surface area is 222 Å². The molecule has 37 heavy (non-hydrogen) atoms. The molecule has 1 fully saturated rings. The Balaban J connectivity index is 1.50. The molecular formula is C29H34N2O5S. The maximum Gasteiger partial charge on any atom is 0.315 e. The lowest BCUT2D eigenvalue weighted by Gasteiger charge is -2.41. The molecule has 0 saturated carbocycles. The molecule has 7 nitrogen and oxygen atoms in total. The molecule has 1 unspecified atom stereocenters. The molecule has 196 valence electrons. The van der Waals surface area contributed by atoms with E-state index < -0.39 is 6.29 Å². The number of aromatic hydroxyl groups is 1. The van der Waals surface area contributed by atoms with Gasteiger partial charge in [0.2, 0.25) is 0 Å². The highest BCUT2D eigenvalue weighted by Gasteiger charge is 2.38. The standard InChI is InChI=1S/C29H34N2O5S/c1-3-30-29(34)31-16-20-4-10-23(11-5-20)28-35-26(18-37-25-14-12-24(33)13-15-25)19(2)27(36-28)22-8-6-21(17-32)7-9-22/h4-15,19,26-28,32-33H,3,16-18H2,1-2H3,(H2,30,31,34)/t19-,26+,27+,28?/m0/s1. The highest BCUT2D eigenvalue weighted by Crippen LogP contribution is 2.43. The van der Waals surface area contributed by atoms with Gasteiger partial charge in [0.15, 0.2) is 6.29 Å². The van der Waals surface area contributed by atoms with Crippen molar-refractivity contribution in [1.29, 1.82) is 0 Å². The van der Waals surface area contributed by atoms with E-state index in [1.165, 1.54) is 0 Å². The normalized spacial score (nSPS) is 21.4. The molecule has 3 aromatic rings. The van der Waals surface area contributed by atoms with Crippen molar-refractivity contribution in [3.63, 3.8) is 0 Å². The van der Waals surface area contributed by atoms with E-state index in [0.29, 0.717) is 13.1 Å². The third-order valence-corrected chi connectivity index (χ3v) is 7.52. The van der Waals surface area contributed by atoms with Crippen LogP contribution >= 0.6 is 11.8 Å². The van der Waals surface area contributed by atoms with Crippen LogP contribution in [0, 0.1) is 5.92 Å². The molecule has 4 N–H and O–H groups in total. The lowest BCUT2D eigenvalue weighted by atomic mass is 9.91. The second-order valence-electron chi connectivity index (χ2n) is 9.08. The van der Waals surface area contributed by atoms with Crippen LogP contribution < -0.4 is 10.6 Å². The van der Waals surface area contributed by atoms with Crippen molar-refractivity contribution in [3.8, 4) is 5.75 Å². The number of rotatable bonds is 9. The first-order valence-corrected chi connectivity index (χ1v) is 13.5. The van der Waals surface area contributed by atoms with Crippen LogP contribution in [0.4, 0.5) is 4.79 Å². The number of urea groups is 1. The lowest BCUT2D eigenvalue weighted by Crippen LogP contribution is -2.38. The molecule has 0 aliphatic carbocycles. The number of hydrogen-bond acceptors (Lipinski definition) is 6. The van der Waals surface area contributed by atoms with Crippen LogP contribution in [0.5, 0.6) is 5.75 Å². The summed E-state index contributed by atoms with van der Waals surface area (Å²) in [6, 6.07) is 22.7. The molecule has 0 radical (unpaired) electrons. The Bertz CT molecular complexity index is 1140. The van der Waals surface area contributed by atoms with Crippen LogP contribution in [0.25, 0.3) is 0 Å². The van der Waals surface area contributed by atoms with Crippen LogP contribution in [0.1, 0.15) is 48.5 Å². The predicted molar refractivity (Wildman–Crippen MR) is 144 cm³/mol. The highest BCUT2D eigenvalue weighted by molar-refractivity contribution is 7.99. The zero-order valence-corrected chi connectivity index (χ0v) is 21.9. The molecule has 8 heteroatoms. The first-order valence-electron chi connectivity index (χ1n) is 12.5. The molecule has 1 saturated heterocycles. The quantitative estimate of drug-likeness (QED) is 0.285. The molecule has 2 amide bonds. The molecule has 1 heterocycles. The summed E-state index contributed by atoms with van der Waals surface area (Å²) in [4.78, 5) is 12.8. The summed E-state index contributed by atoms with van der Waals surface area (Å²) in [5.41, 5.74) is 3.79. The Kier molecular flexibility index (Phi) is 9.46. The molecule has 0 spiro atoms. The lowest BCUT2D eigenvalue weighted by molar-refractivity contribution is -0.268. The van der Waals surface area contributed by atoms with E-state index in [0.717, 1.165) is 32.9 Å². The van der Waals surface area contributed by atoms with Gasteiger partial charge in [-0.25, -0.2) is 4.79 Å². The number of ether oxygens (including phenoxy) is 2. The van der Waals surface area contributed by atoms with Crippen molar-refractivity contribution in [3.05, 3.63) is 95.1 Å². The average molecular weight is 523 g/mol. The zero-order chi connectivity index (χ0) is 26.2. The van der Waals surface area contributed by atoms with E-state index in [2.05, 4.69) is 17.6 Å². The van der Waals surface area contributed by atoms with Gasteiger partial charge in [0, 0.05) is 35.2 Å². The van der Waals surface area contributed by atoms with Crippen LogP contribution in [-0.2, 0) is 22.6 Å². The summed E-state index contributed by atoms with van der Waals surface area (Å²) in [7, 11) is 0. The number of carbonyl (C=O) groups is 1. The van der Waals surface area contributed by atoms with Gasteiger partial charge in [-0.3, -0.25) is 0 Å². The van der Waals surface area contributed by atoms with Crippen LogP contribution in [0.3, 0.4) is 0 Å². The van der Waals surface area contributed by atoms with Crippen molar-refractivity contribution >= 4 is 17.8 Å². The van der Waals surface area contributed by atoms with Crippen molar-refractivity contribution in [2.45, 2.75) is 50.4 Å². The van der Waals surface area contributed by atoms with Crippen LogP contribution in [0.15, 0.2) is 77.7 Å². The maximum absolute atomic E-state index is 11.7. The molecule has 1 aliphatic heterocycles. The minimum atomic E-state index is -0.547. The molecule has 0 aromatic heterocycles. The molecular weight excluding hydrogens is 488 g/mol. The average Bonchev–Trinajstić information content (AvgIpc) is 2.93. The largest absolute Gasteiger partial charge is 0.508 e. The van der Waals surface area contributed by atoms with E-state index >= 15 is 0 Å². The smallest absolute Gasteiger partial charge is 0.315 e. The fraction of sp³-hybridized carbons (Fsp3) is 0.345. The summed E-state index contributed by atoms with van der Waals surface area (Å²) < 4.78 is 13.0. The Morgan fingerprint density at radius 1 is 0.892 bits per heavy atom.